The second-order valence-electron chi connectivity index (χ2n) is 13.2. The van der Waals surface area contributed by atoms with Gasteiger partial charge in [0.1, 0.15) is 0 Å². The Morgan fingerprint density at radius 2 is 0.750 bits per heavy atom. The van der Waals surface area contributed by atoms with Gasteiger partial charge in [-0.3, -0.25) is 9.59 Å². The number of carbonyl (C=O) groups is 2. The zero-order valence-corrected chi connectivity index (χ0v) is 26.8. The molecule has 4 heteroatoms. The minimum atomic E-state index is -0.662. The molecule has 0 spiro atoms. The Hall–Kier alpha value is -1.06. The van der Waals surface area contributed by atoms with Gasteiger partial charge in [0, 0.05) is 12.8 Å². The van der Waals surface area contributed by atoms with Crippen molar-refractivity contribution in [3.8, 4) is 0 Å². The zero-order chi connectivity index (χ0) is 29.3. The van der Waals surface area contributed by atoms with E-state index in [4.69, 9.17) is 10.2 Å². The van der Waals surface area contributed by atoms with Gasteiger partial charge >= 0.3 is 11.9 Å². The molecule has 1 fully saturated rings. The molecule has 0 radical (unpaired) electrons. The molecule has 1 aliphatic carbocycles. The van der Waals surface area contributed by atoms with Crippen LogP contribution in [-0.2, 0) is 9.59 Å². The van der Waals surface area contributed by atoms with Crippen LogP contribution in [0, 0.1) is 23.7 Å². The molecule has 236 valence electrons. The van der Waals surface area contributed by atoms with Gasteiger partial charge in [0.25, 0.3) is 0 Å². The monoisotopic (exact) mass is 565 g/mol. The molecule has 40 heavy (non-hydrogen) atoms. The van der Waals surface area contributed by atoms with Crippen LogP contribution < -0.4 is 0 Å². The van der Waals surface area contributed by atoms with Crippen molar-refractivity contribution in [3.63, 3.8) is 0 Å². The van der Waals surface area contributed by atoms with Gasteiger partial charge in [0.15, 0.2) is 0 Å². The van der Waals surface area contributed by atoms with Crippen molar-refractivity contribution in [1.29, 1.82) is 0 Å². The maximum atomic E-state index is 10.9. The molecular weight excluding hydrogens is 496 g/mol. The molecule has 1 aliphatic rings. The van der Waals surface area contributed by atoms with E-state index in [0.717, 1.165) is 49.4 Å². The summed E-state index contributed by atoms with van der Waals surface area (Å²) in [4.78, 5) is 21.8. The maximum absolute atomic E-state index is 10.9. The highest BCUT2D eigenvalue weighted by atomic mass is 16.4. The summed E-state index contributed by atoms with van der Waals surface area (Å²) in [5, 5.41) is 17.9. The number of unbranched alkanes of at least 4 members (excludes halogenated alkanes) is 16. The molecule has 2 N–H and O–H groups in total. The lowest BCUT2D eigenvalue weighted by Crippen LogP contribution is -2.35. The molecule has 0 saturated heterocycles. The molecule has 1 saturated carbocycles. The van der Waals surface area contributed by atoms with Gasteiger partial charge in [0.05, 0.1) is 0 Å². The fraction of sp³-hybridized carbons (Fsp3) is 0.944. The molecule has 0 aromatic rings. The lowest BCUT2D eigenvalue weighted by molar-refractivity contribution is -0.138. The highest BCUT2D eigenvalue weighted by Gasteiger charge is 2.37. The van der Waals surface area contributed by atoms with Crippen LogP contribution >= 0.6 is 0 Å². The number of hydrogen-bond acceptors (Lipinski definition) is 2. The van der Waals surface area contributed by atoms with Crippen molar-refractivity contribution >= 4 is 11.9 Å². The van der Waals surface area contributed by atoms with E-state index in [0.29, 0.717) is 12.8 Å². The van der Waals surface area contributed by atoms with Gasteiger partial charge in [-0.05, 0) is 62.2 Å². The number of aliphatic carboxylic acids is 2. The van der Waals surface area contributed by atoms with Crippen LogP contribution in [-0.4, -0.2) is 22.2 Å². The largest absolute Gasteiger partial charge is 0.481 e. The van der Waals surface area contributed by atoms with Crippen molar-refractivity contribution in [2.45, 2.75) is 194 Å². The summed E-state index contributed by atoms with van der Waals surface area (Å²) in [7, 11) is 0. The second-order valence-corrected chi connectivity index (χ2v) is 13.2. The van der Waals surface area contributed by atoms with Gasteiger partial charge in [-0.25, -0.2) is 0 Å². The van der Waals surface area contributed by atoms with Crippen molar-refractivity contribution in [1.82, 2.24) is 0 Å². The van der Waals surface area contributed by atoms with Crippen LogP contribution in [0.3, 0.4) is 0 Å². The Labute approximate surface area is 248 Å². The van der Waals surface area contributed by atoms with E-state index in [9.17, 15) is 9.59 Å². The highest BCUT2D eigenvalue weighted by Crippen LogP contribution is 2.47. The third-order valence-electron chi connectivity index (χ3n) is 9.88. The summed E-state index contributed by atoms with van der Waals surface area (Å²) in [6.45, 7) is 4.60. The van der Waals surface area contributed by atoms with Crippen LogP contribution in [0.5, 0.6) is 0 Å². The Bertz CT molecular complexity index is 604. The molecule has 0 bridgehead atoms. The minimum Gasteiger partial charge on any atom is -0.481 e. The third kappa shape index (κ3) is 19.1. The lowest BCUT2D eigenvalue weighted by atomic mass is 9.61. The molecule has 0 aliphatic heterocycles. The van der Waals surface area contributed by atoms with E-state index in [1.165, 1.54) is 141 Å². The number of carboxylic acids is 2. The smallest absolute Gasteiger partial charge is 0.303 e. The number of hydrogen-bond donors (Lipinski definition) is 2. The van der Waals surface area contributed by atoms with E-state index < -0.39 is 11.9 Å². The number of carboxylic acid groups (broad SMARTS) is 2. The molecule has 0 heterocycles. The van der Waals surface area contributed by atoms with Crippen molar-refractivity contribution < 1.29 is 19.8 Å². The van der Waals surface area contributed by atoms with Gasteiger partial charge in [-0.2, -0.15) is 0 Å². The van der Waals surface area contributed by atoms with E-state index >= 15 is 0 Å². The first-order chi connectivity index (χ1) is 19.5. The molecule has 0 aromatic heterocycles. The van der Waals surface area contributed by atoms with Crippen LogP contribution in [0.25, 0.3) is 0 Å². The molecule has 4 atom stereocenters. The summed E-state index contributed by atoms with van der Waals surface area (Å²) < 4.78 is 0. The number of rotatable bonds is 28. The SMILES string of the molecule is CCCCCCCCCC1C(CCCCCCC)CCC(CCCCCCC(=O)O)C1CCCCCCC(=O)O. The quantitative estimate of drug-likeness (QED) is 0.0927. The molecule has 0 aromatic carbocycles. The third-order valence-corrected chi connectivity index (χ3v) is 9.88. The molecule has 4 unspecified atom stereocenters. The van der Waals surface area contributed by atoms with Crippen molar-refractivity contribution in [2.24, 2.45) is 23.7 Å². The minimum absolute atomic E-state index is 0.314. The fourth-order valence-corrected chi connectivity index (χ4v) is 7.57. The Kier molecular flexibility index (Phi) is 23.7. The maximum Gasteiger partial charge on any atom is 0.303 e. The Balaban J connectivity index is 2.75. The normalized spacial score (nSPS) is 21.1. The fourth-order valence-electron chi connectivity index (χ4n) is 7.57. The second kappa shape index (κ2) is 25.6. The first kappa shape index (κ1) is 37.0. The van der Waals surface area contributed by atoms with E-state index in [-0.39, 0.29) is 0 Å². The predicted octanol–water partition coefficient (Wildman–Crippen LogP) is 11.6. The highest BCUT2D eigenvalue weighted by molar-refractivity contribution is 5.66. The van der Waals surface area contributed by atoms with Crippen LogP contribution in [0.4, 0.5) is 0 Å². The molecule has 1 rings (SSSR count). The topological polar surface area (TPSA) is 74.6 Å². The van der Waals surface area contributed by atoms with Gasteiger partial charge in [0.2, 0.25) is 0 Å². The summed E-state index contributed by atoms with van der Waals surface area (Å²) in [5.41, 5.74) is 0. The first-order valence-corrected chi connectivity index (χ1v) is 17.9. The Morgan fingerprint density at radius 3 is 1.10 bits per heavy atom. The lowest BCUT2D eigenvalue weighted by Gasteiger charge is -2.44. The average Bonchev–Trinajstić information content (AvgIpc) is 2.92. The van der Waals surface area contributed by atoms with Gasteiger partial charge < -0.3 is 10.2 Å². The van der Waals surface area contributed by atoms with Crippen molar-refractivity contribution in [2.75, 3.05) is 0 Å². The molecule has 0 amide bonds. The summed E-state index contributed by atoms with van der Waals surface area (Å²) >= 11 is 0. The summed E-state index contributed by atoms with van der Waals surface area (Å²) in [6, 6.07) is 0. The van der Waals surface area contributed by atoms with Crippen LogP contribution in [0.15, 0.2) is 0 Å². The van der Waals surface area contributed by atoms with Crippen LogP contribution in [0.1, 0.15) is 194 Å². The predicted molar refractivity (Wildman–Crippen MR) is 170 cm³/mol. The summed E-state index contributed by atoms with van der Waals surface area (Å²) in [5.74, 6) is 2.14. The molecule has 4 nitrogen and oxygen atoms in total. The zero-order valence-electron chi connectivity index (χ0n) is 26.8. The summed E-state index contributed by atoms with van der Waals surface area (Å²) in [6.07, 6.45) is 34.2. The van der Waals surface area contributed by atoms with Crippen molar-refractivity contribution in [3.05, 3.63) is 0 Å². The standard InChI is InChI=1S/C36H68O4/c1-3-5-7-9-10-12-19-25-33-31(23-17-11-8-6-4-2)29-30-32(24-18-13-15-21-27-35(37)38)34(33)26-20-14-16-22-28-36(39)40/h31-34H,3-30H2,1-2H3,(H,37,38)(H,39,40). The van der Waals surface area contributed by atoms with E-state index in [1.54, 1.807) is 0 Å². The molecular formula is C36H68O4. The average molecular weight is 565 g/mol. The Morgan fingerprint density at radius 1 is 0.450 bits per heavy atom. The van der Waals surface area contributed by atoms with Gasteiger partial charge in [-0.15, -0.1) is 0 Å². The van der Waals surface area contributed by atoms with E-state index in [2.05, 4.69) is 13.8 Å². The van der Waals surface area contributed by atoms with E-state index in [1.807, 2.05) is 0 Å². The van der Waals surface area contributed by atoms with Crippen LogP contribution in [0.2, 0.25) is 0 Å². The first-order valence-electron chi connectivity index (χ1n) is 17.9. The van der Waals surface area contributed by atoms with Gasteiger partial charge in [-0.1, -0.05) is 142 Å².